The van der Waals surface area contributed by atoms with Crippen LogP contribution >= 0.6 is 0 Å². The molecule has 0 spiro atoms. The summed E-state index contributed by atoms with van der Waals surface area (Å²) >= 11 is 0. The predicted molar refractivity (Wildman–Crippen MR) is 383 cm³/mol. The van der Waals surface area contributed by atoms with E-state index in [4.69, 9.17) is 28.4 Å². The van der Waals surface area contributed by atoms with E-state index >= 15 is 0 Å². The van der Waals surface area contributed by atoms with Gasteiger partial charge in [-0.3, -0.25) is 4.79 Å². The van der Waals surface area contributed by atoms with E-state index in [2.05, 4.69) is 55.6 Å². The predicted octanol–water partition coefficient (Wildman–Crippen LogP) is 12.7. The molecule has 3 heterocycles. The molecule has 17 unspecified atom stereocenters. The van der Waals surface area contributed by atoms with Gasteiger partial charge >= 0.3 is 0 Å². The smallest absolute Gasteiger partial charge is 0.220 e. The zero-order chi connectivity index (χ0) is 70.4. The first-order valence-electron chi connectivity index (χ1n) is 39.7. The molecule has 12 N–H and O–H groups in total. The Morgan fingerprint density at radius 3 is 1.06 bits per heavy atom. The molecule has 570 valence electrons. The highest BCUT2D eigenvalue weighted by Gasteiger charge is 2.54. The highest BCUT2D eigenvalue weighted by atomic mass is 16.8. The Balaban J connectivity index is 1.38. The van der Waals surface area contributed by atoms with Crippen LogP contribution in [0.3, 0.4) is 0 Å². The van der Waals surface area contributed by atoms with Crippen molar-refractivity contribution in [3.63, 3.8) is 0 Å². The number of amides is 1. The number of aliphatic hydroxyl groups excluding tert-OH is 11. The van der Waals surface area contributed by atoms with E-state index < -0.39 is 124 Å². The van der Waals surface area contributed by atoms with Gasteiger partial charge in [-0.25, -0.2) is 0 Å². The average Bonchev–Trinajstić information content (AvgIpc) is 0.790. The Kier molecular flexibility index (Phi) is 54.6. The summed E-state index contributed by atoms with van der Waals surface area (Å²) in [6.45, 7) is 1.83. The molecule has 19 nitrogen and oxygen atoms in total. The van der Waals surface area contributed by atoms with Crippen LogP contribution in [0.25, 0.3) is 0 Å². The van der Waals surface area contributed by atoms with E-state index in [9.17, 15) is 61.0 Å². The lowest BCUT2D eigenvalue weighted by Gasteiger charge is -2.48. The van der Waals surface area contributed by atoms with Crippen molar-refractivity contribution in [1.82, 2.24) is 5.32 Å². The number of allylic oxidation sites excluding steroid dienone is 6. The summed E-state index contributed by atoms with van der Waals surface area (Å²) in [5, 5.41) is 121. The van der Waals surface area contributed by atoms with Crippen LogP contribution in [0.1, 0.15) is 322 Å². The third-order valence-electron chi connectivity index (χ3n) is 20.0. The standard InChI is InChI=1S/C78H145NO18/c1-3-5-7-9-11-13-15-17-19-21-23-25-27-29-30-32-34-36-38-40-42-44-46-48-50-52-54-56-66(84)79-61(62(83)55-53-51-49-47-45-43-41-39-37-35-33-31-28-26-24-22-20-18-16-14-12-10-8-6-4-2)60-92-76-72(90)69(87)74(64(58-81)94-76)97-78-73(91)70(88)75(65(59-82)95-78)96-77-71(89)68(86)67(85)63(57-80)93-77/h15,17,21,23,27,29,61-65,67-78,80-83,85-91H,3-14,16,18-20,22,24-26,28,30-60H2,1-2H3,(H,79,84)/b17-15-,23-21-,29-27-. The van der Waals surface area contributed by atoms with Crippen LogP contribution in [0, 0.1) is 0 Å². The van der Waals surface area contributed by atoms with Crippen molar-refractivity contribution in [3.8, 4) is 0 Å². The van der Waals surface area contributed by atoms with Crippen molar-refractivity contribution >= 4 is 5.91 Å². The van der Waals surface area contributed by atoms with Crippen molar-refractivity contribution in [2.75, 3.05) is 26.4 Å². The minimum absolute atomic E-state index is 0.241. The largest absolute Gasteiger partial charge is 0.394 e. The average molecular weight is 1390 g/mol. The van der Waals surface area contributed by atoms with Gasteiger partial charge in [0.2, 0.25) is 5.91 Å². The maximum atomic E-state index is 13.5. The minimum atomic E-state index is -1.97. The Bertz CT molecular complexity index is 1900. The lowest BCUT2D eigenvalue weighted by atomic mass is 9.96. The summed E-state index contributed by atoms with van der Waals surface area (Å²) in [6, 6.07) is -0.890. The number of hydrogen-bond acceptors (Lipinski definition) is 18. The summed E-state index contributed by atoms with van der Waals surface area (Å²) in [5.41, 5.74) is 0. The fourth-order valence-corrected chi connectivity index (χ4v) is 13.6. The monoisotopic (exact) mass is 1380 g/mol. The number of nitrogens with one attached hydrogen (secondary N) is 1. The van der Waals surface area contributed by atoms with Crippen molar-refractivity contribution < 1.29 is 89.4 Å². The molecule has 1 amide bonds. The van der Waals surface area contributed by atoms with Gasteiger partial charge in [0.25, 0.3) is 0 Å². The van der Waals surface area contributed by atoms with E-state index in [-0.39, 0.29) is 18.9 Å². The van der Waals surface area contributed by atoms with Crippen LogP contribution < -0.4 is 5.32 Å². The fourth-order valence-electron chi connectivity index (χ4n) is 13.6. The maximum Gasteiger partial charge on any atom is 0.220 e. The van der Waals surface area contributed by atoms with Gasteiger partial charge in [0.05, 0.1) is 38.6 Å². The summed E-state index contributed by atoms with van der Waals surface area (Å²) < 4.78 is 34.5. The lowest BCUT2D eigenvalue weighted by Crippen LogP contribution is -2.66. The van der Waals surface area contributed by atoms with Crippen molar-refractivity contribution in [2.24, 2.45) is 0 Å². The van der Waals surface area contributed by atoms with Gasteiger partial charge in [-0.05, 0) is 51.4 Å². The second-order valence-corrected chi connectivity index (χ2v) is 28.5. The van der Waals surface area contributed by atoms with E-state index in [1.165, 1.54) is 225 Å². The van der Waals surface area contributed by atoms with Crippen molar-refractivity contribution in [2.45, 2.75) is 426 Å². The normalized spacial score (nSPS) is 27.0. The van der Waals surface area contributed by atoms with Crippen LogP contribution in [0.4, 0.5) is 0 Å². The number of carbonyl (C=O) groups is 1. The van der Waals surface area contributed by atoms with Crippen LogP contribution in [0.5, 0.6) is 0 Å². The number of unbranched alkanes of at least 4 members (excludes halogenated alkanes) is 41. The Labute approximate surface area is 587 Å². The summed E-state index contributed by atoms with van der Waals surface area (Å²) in [7, 11) is 0. The first kappa shape index (κ1) is 89.2. The SMILES string of the molecule is CCCCCCC/C=C\C/C=C\C/C=C\CCCCCCCCCCCCCCC(=O)NC(COC1OC(CO)C(OC2OC(CO)C(OC3OC(CO)C(O)C(O)C3O)C(O)C2O)C(O)C1O)C(O)CCCCCCCCCCCCCCCCCCCCCCCCCCC. The first-order chi connectivity index (χ1) is 47.3. The molecule has 0 bridgehead atoms. The first-order valence-corrected chi connectivity index (χ1v) is 39.7. The topological polar surface area (TPSA) is 307 Å². The molecule has 3 saturated heterocycles. The fraction of sp³-hybridized carbons (Fsp3) is 0.910. The summed E-state index contributed by atoms with van der Waals surface area (Å²) in [4.78, 5) is 13.5. The number of hydrogen-bond donors (Lipinski definition) is 12. The number of ether oxygens (including phenoxy) is 6. The third-order valence-corrected chi connectivity index (χ3v) is 20.0. The summed E-state index contributed by atoms with van der Waals surface area (Å²) in [5.74, 6) is -0.241. The molecule has 3 fully saturated rings. The van der Waals surface area contributed by atoms with Crippen molar-refractivity contribution in [3.05, 3.63) is 36.5 Å². The number of carbonyl (C=O) groups excluding carboxylic acids is 1. The van der Waals surface area contributed by atoms with Crippen LogP contribution in [0.2, 0.25) is 0 Å². The molecule has 0 aromatic heterocycles. The third kappa shape index (κ3) is 40.0. The molecular weight excluding hydrogens is 1240 g/mol. The molecule has 19 heteroatoms. The number of rotatable bonds is 63. The highest BCUT2D eigenvalue weighted by Crippen LogP contribution is 2.33. The van der Waals surface area contributed by atoms with Crippen LogP contribution in [-0.2, 0) is 33.2 Å². The Morgan fingerprint density at radius 1 is 0.371 bits per heavy atom. The van der Waals surface area contributed by atoms with Crippen LogP contribution in [0.15, 0.2) is 36.5 Å². The molecular formula is C78H145NO18. The van der Waals surface area contributed by atoms with Crippen LogP contribution in [-0.4, -0.2) is 193 Å². The Morgan fingerprint density at radius 2 is 0.680 bits per heavy atom. The zero-order valence-electron chi connectivity index (χ0n) is 60.8. The highest BCUT2D eigenvalue weighted by molar-refractivity contribution is 5.76. The summed E-state index contributed by atoms with van der Waals surface area (Å²) in [6.07, 6.45) is 45.1. The van der Waals surface area contributed by atoms with Gasteiger partial charge in [-0.1, -0.05) is 301 Å². The Hall–Kier alpha value is -1.99. The minimum Gasteiger partial charge on any atom is -0.394 e. The van der Waals surface area contributed by atoms with Gasteiger partial charge in [-0.2, -0.15) is 0 Å². The maximum absolute atomic E-state index is 13.5. The molecule has 3 aliphatic heterocycles. The van der Waals surface area contributed by atoms with E-state index in [1.54, 1.807) is 0 Å². The van der Waals surface area contributed by atoms with Gasteiger partial charge < -0.3 is 89.9 Å². The second kappa shape index (κ2) is 59.4. The van der Waals surface area contributed by atoms with Gasteiger partial charge in [0.15, 0.2) is 18.9 Å². The van der Waals surface area contributed by atoms with Gasteiger partial charge in [0.1, 0.15) is 73.2 Å². The molecule has 3 rings (SSSR count). The quantitative estimate of drug-likeness (QED) is 0.0199. The zero-order valence-corrected chi connectivity index (χ0v) is 60.8. The lowest BCUT2D eigenvalue weighted by molar-refractivity contribution is -0.379. The molecule has 0 saturated carbocycles. The molecule has 3 aliphatic rings. The van der Waals surface area contributed by atoms with Crippen molar-refractivity contribution in [1.29, 1.82) is 0 Å². The molecule has 0 aromatic carbocycles. The number of aliphatic hydroxyl groups is 11. The molecule has 97 heavy (non-hydrogen) atoms. The molecule has 0 aromatic rings. The van der Waals surface area contributed by atoms with E-state index in [1.807, 2.05) is 0 Å². The van der Waals surface area contributed by atoms with Gasteiger partial charge in [0, 0.05) is 6.42 Å². The van der Waals surface area contributed by atoms with E-state index in [0.717, 1.165) is 64.2 Å². The van der Waals surface area contributed by atoms with Gasteiger partial charge in [-0.15, -0.1) is 0 Å². The second-order valence-electron chi connectivity index (χ2n) is 28.5. The molecule has 17 atom stereocenters. The molecule has 0 aliphatic carbocycles. The van der Waals surface area contributed by atoms with E-state index in [0.29, 0.717) is 12.8 Å². The molecule has 0 radical (unpaired) electrons.